The molecule has 0 aliphatic carbocycles. The van der Waals surface area contributed by atoms with Gasteiger partial charge in [-0.1, -0.05) is 96.1 Å². The number of rotatable bonds is 15. The molecule has 0 amide bonds. The molecular weight excluding hydrogens is 332 g/mol. The van der Waals surface area contributed by atoms with Crippen LogP contribution < -0.4 is 5.11 Å². The van der Waals surface area contributed by atoms with Gasteiger partial charge in [-0.15, -0.1) is 0 Å². The molecular formula is C24H46N2O. The van der Waals surface area contributed by atoms with Crippen molar-refractivity contribution in [1.82, 2.24) is 4.98 Å². The second kappa shape index (κ2) is 18.3. The van der Waals surface area contributed by atoms with E-state index in [4.69, 9.17) is 0 Å². The Morgan fingerprint density at radius 1 is 0.704 bits per heavy atom. The molecule has 158 valence electrons. The summed E-state index contributed by atoms with van der Waals surface area (Å²) in [5.41, 5.74) is 0. The Morgan fingerprint density at radius 3 is 1.44 bits per heavy atom. The van der Waals surface area contributed by atoms with Gasteiger partial charge in [0.15, 0.2) is 0 Å². The first-order valence-electron chi connectivity index (χ1n) is 11.3. The first kappa shape index (κ1) is 25.9. The van der Waals surface area contributed by atoms with Crippen LogP contribution in [0.5, 0.6) is 5.88 Å². The third-order valence-electron chi connectivity index (χ3n) is 4.82. The van der Waals surface area contributed by atoms with Gasteiger partial charge in [-0.2, -0.15) is 0 Å². The van der Waals surface area contributed by atoms with E-state index in [9.17, 15) is 5.11 Å². The van der Waals surface area contributed by atoms with Crippen molar-refractivity contribution in [3.8, 4) is 5.88 Å². The van der Waals surface area contributed by atoms with Gasteiger partial charge in [-0.05, 0) is 24.8 Å². The Balaban J connectivity index is 0.000000797. The Bertz CT molecular complexity index is 401. The van der Waals surface area contributed by atoms with E-state index in [0.29, 0.717) is 0 Å². The SMILES string of the molecule is CCCCCCCCCCCCCCCC[N+](C)(C)C.[O-]c1ccccn1. The molecule has 0 radical (unpaired) electrons. The van der Waals surface area contributed by atoms with Crippen LogP contribution in [-0.2, 0) is 0 Å². The summed E-state index contributed by atoms with van der Waals surface area (Å²) in [6, 6.07) is 4.79. The maximum Gasteiger partial charge on any atom is 0.0780 e. The molecule has 0 fully saturated rings. The molecule has 1 heterocycles. The molecule has 0 aliphatic rings. The fourth-order valence-corrected chi connectivity index (χ4v) is 3.13. The number of aromatic nitrogens is 1. The van der Waals surface area contributed by atoms with Crippen molar-refractivity contribution in [2.75, 3.05) is 27.7 Å². The number of quaternary nitrogens is 1. The van der Waals surface area contributed by atoms with Gasteiger partial charge in [-0.25, -0.2) is 0 Å². The van der Waals surface area contributed by atoms with E-state index in [-0.39, 0.29) is 5.88 Å². The van der Waals surface area contributed by atoms with Crippen molar-refractivity contribution in [3.63, 3.8) is 0 Å². The van der Waals surface area contributed by atoms with Gasteiger partial charge in [0.2, 0.25) is 0 Å². The second-order valence-electron chi connectivity index (χ2n) is 8.78. The third-order valence-corrected chi connectivity index (χ3v) is 4.82. The van der Waals surface area contributed by atoms with Gasteiger partial charge in [0.1, 0.15) is 0 Å². The van der Waals surface area contributed by atoms with E-state index >= 15 is 0 Å². The van der Waals surface area contributed by atoms with Crippen molar-refractivity contribution in [2.45, 2.75) is 96.8 Å². The normalized spacial score (nSPS) is 11.1. The molecule has 0 unspecified atom stereocenters. The maximum atomic E-state index is 10.2. The summed E-state index contributed by atoms with van der Waals surface area (Å²) in [5.74, 6) is -0.178. The van der Waals surface area contributed by atoms with Crippen molar-refractivity contribution >= 4 is 0 Å². The maximum absolute atomic E-state index is 10.2. The van der Waals surface area contributed by atoms with Crippen LogP contribution in [0.2, 0.25) is 0 Å². The van der Waals surface area contributed by atoms with E-state index in [2.05, 4.69) is 33.1 Å². The fraction of sp³-hybridized carbons (Fsp3) is 0.792. The average Bonchev–Trinajstić information content (AvgIpc) is 2.62. The van der Waals surface area contributed by atoms with E-state index in [1.165, 1.54) is 109 Å². The highest BCUT2D eigenvalue weighted by atomic mass is 16.3. The molecule has 0 bridgehead atoms. The number of pyridine rings is 1. The zero-order chi connectivity index (χ0) is 20.2. The lowest BCUT2D eigenvalue weighted by molar-refractivity contribution is -0.870. The van der Waals surface area contributed by atoms with Crippen LogP contribution >= 0.6 is 0 Å². The van der Waals surface area contributed by atoms with Crippen molar-refractivity contribution < 1.29 is 9.59 Å². The van der Waals surface area contributed by atoms with E-state index < -0.39 is 0 Å². The van der Waals surface area contributed by atoms with Gasteiger partial charge >= 0.3 is 0 Å². The minimum absolute atomic E-state index is 0.178. The predicted octanol–water partition coefficient (Wildman–Crippen LogP) is 6.33. The summed E-state index contributed by atoms with van der Waals surface area (Å²) in [6.07, 6.45) is 21.8. The summed E-state index contributed by atoms with van der Waals surface area (Å²) in [4.78, 5) is 3.42. The topological polar surface area (TPSA) is 36.0 Å². The number of nitrogens with zero attached hydrogens (tertiary/aromatic N) is 2. The minimum atomic E-state index is -0.178. The highest BCUT2D eigenvalue weighted by Crippen LogP contribution is 2.13. The highest BCUT2D eigenvalue weighted by Gasteiger charge is 2.04. The monoisotopic (exact) mass is 378 g/mol. The van der Waals surface area contributed by atoms with E-state index in [1.54, 1.807) is 12.1 Å². The van der Waals surface area contributed by atoms with E-state index in [0.717, 1.165) is 4.48 Å². The van der Waals surface area contributed by atoms with Crippen molar-refractivity contribution in [2.24, 2.45) is 0 Å². The zero-order valence-corrected chi connectivity index (χ0v) is 18.7. The van der Waals surface area contributed by atoms with Gasteiger partial charge in [0.05, 0.1) is 27.7 Å². The first-order valence-corrected chi connectivity index (χ1v) is 11.3. The van der Waals surface area contributed by atoms with Crippen LogP contribution in [0.15, 0.2) is 24.4 Å². The molecule has 1 aromatic heterocycles. The quantitative estimate of drug-likeness (QED) is 0.264. The molecule has 3 heteroatoms. The standard InChI is InChI=1S/C19H42N.C5H5NO/c1-5-6-7-8-9-10-11-12-13-14-15-16-17-18-19-20(2,3)4;7-5-3-1-2-4-6-5/h5-19H2,1-4H3;1-4H,(H,6,7)/q+1;/p-1. The zero-order valence-electron chi connectivity index (χ0n) is 18.7. The number of unbranched alkanes of at least 4 members (excludes halogenated alkanes) is 13. The molecule has 0 spiro atoms. The van der Waals surface area contributed by atoms with Crippen LogP contribution in [0.4, 0.5) is 0 Å². The summed E-state index contributed by atoms with van der Waals surface area (Å²) in [5, 5.41) is 10.2. The molecule has 0 aromatic carbocycles. The van der Waals surface area contributed by atoms with Crippen LogP contribution in [0.25, 0.3) is 0 Å². The Labute approximate surface area is 169 Å². The van der Waals surface area contributed by atoms with Gasteiger partial charge in [-0.3, -0.25) is 4.98 Å². The molecule has 0 aliphatic heterocycles. The van der Waals surface area contributed by atoms with Crippen LogP contribution in [-0.4, -0.2) is 37.2 Å². The summed E-state index contributed by atoms with van der Waals surface area (Å²) in [6.45, 7) is 3.63. The van der Waals surface area contributed by atoms with Crippen molar-refractivity contribution in [3.05, 3.63) is 24.4 Å². The molecule has 0 saturated heterocycles. The summed E-state index contributed by atoms with van der Waals surface area (Å²) in [7, 11) is 6.88. The summed E-state index contributed by atoms with van der Waals surface area (Å²) >= 11 is 0. The van der Waals surface area contributed by atoms with Gasteiger partial charge < -0.3 is 9.59 Å². The van der Waals surface area contributed by atoms with Crippen LogP contribution in [0.1, 0.15) is 96.8 Å². The lowest BCUT2D eigenvalue weighted by Gasteiger charge is -2.23. The van der Waals surface area contributed by atoms with Crippen molar-refractivity contribution in [1.29, 1.82) is 0 Å². The Kier molecular flexibility index (Phi) is 17.5. The molecule has 0 saturated carbocycles. The molecule has 1 aromatic rings. The second-order valence-corrected chi connectivity index (χ2v) is 8.78. The molecule has 0 atom stereocenters. The van der Waals surface area contributed by atoms with E-state index in [1.807, 2.05) is 0 Å². The first-order chi connectivity index (χ1) is 13.0. The highest BCUT2D eigenvalue weighted by molar-refractivity contribution is 5.04. The third kappa shape index (κ3) is 22.9. The predicted molar refractivity (Wildman–Crippen MR) is 117 cm³/mol. The lowest BCUT2D eigenvalue weighted by Crippen LogP contribution is -2.35. The molecule has 27 heavy (non-hydrogen) atoms. The summed E-state index contributed by atoms with van der Waals surface area (Å²) < 4.78 is 1.12. The Hall–Kier alpha value is -1.09. The smallest absolute Gasteiger partial charge is 0.0780 e. The number of hydrogen-bond acceptors (Lipinski definition) is 2. The lowest BCUT2D eigenvalue weighted by atomic mass is 10.0. The molecule has 3 nitrogen and oxygen atoms in total. The average molecular weight is 379 g/mol. The largest absolute Gasteiger partial charge is 0.859 e. The van der Waals surface area contributed by atoms with Crippen LogP contribution in [0, 0.1) is 0 Å². The molecule has 1 rings (SSSR count). The fourth-order valence-electron chi connectivity index (χ4n) is 3.13. The van der Waals surface area contributed by atoms with Gasteiger partial charge in [0.25, 0.3) is 0 Å². The Morgan fingerprint density at radius 2 is 1.15 bits per heavy atom. The van der Waals surface area contributed by atoms with Gasteiger partial charge in [0, 0.05) is 6.20 Å². The molecule has 0 N–H and O–H groups in total. The van der Waals surface area contributed by atoms with Crippen LogP contribution in [0.3, 0.4) is 0 Å². The number of hydrogen-bond donors (Lipinski definition) is 0. The minimum Gasteiger partial charge on any atom is -0.859 e.